The Labute approximate surface area is 119 Å². The molecule has 1 aliphatic heterocycles. The average molecular weight is 278 g/mol. The number of methoxy groups -OCH3 is 2. The van der Waals surface area contributed by atoms with Crippen LogP contribution in [0.5, 0.6) is 0 Å². The molecule has 110 valence electrons. The number of hydrogen-bond donors (Lipinski definition) is 1. The second-order valence-electron chi connectivity index (χ2n) is 5.48. The van der Waals surface area contributed by atoms with Crippen LogP contribution in [0.15, 0.2) is 12.4 Å². The van der Waals surface area contributed by atoms with Crippen LogP contribution in [0.3, 0.4) is 0 Å². The first kappa shape index (κ1) is 13.7. The Morgan fingerprint density at radius 3 is 2.50 bits per heavy atom. The zero-order valence-electron chi connectivity index (χ0n) is 12.1. The Hall–Kier alpha value is -1.24. The summed E-state index contributed by atoms with van der Waals surface area (Å²) in [5.41, 5.74) is 0.990. The monoisotopic (exact) mass is 278 g/mol. The van der Waals surface area contributed by atoms with Gasteiger partial charge in [-0.3, -0.25) is 4.98 Å². The van der Waals surface area contributed by atoms with Crippen LogP contribution in [0, 0.1) is 0 Å². The van der Waals surface area contributed by atoms with Gasteiger partial charge in [-0.25, -0.2) is 4.98 Å². The van der Waals surface area contributed by atoms with E-state index in [0.29, 0.717) is 6.04 Å². The van der Waals surface area contributed by atoms with Gasteiger partial charge in [0, 0.05) is 46.1 Å². The maximum absolute atomic E-state index is 5.46. The van der Waals surface area contributed by atoms with E-state index >= 15 is 0 Å². The lowest BCUT2D eigenvalue weighted by Crippen LogP contribution is -2.27. The molecule has 2 unspecified atom stereocenters. The second kappa shape index (κ2) is 6.03. The first-order chi connectivity index (χ1) is 9.80. The van der Waals surface area contributed by atoms with E-state index in [0.717, 1.165) is 31.1 Å². The topological polar surface area (TPSA) is 59.5 Å². The molecule has 2 aliphatic rings. The number of anilines is 1. The van der Waals surface area contributed by atoms with Gasteiger partial charge in [-0.2, -0.15) is 0 Å². The molecule has 1 aliphatic carbocycles. The summed E-state index contributed by atoms with van der Waals surface area (Å²) in [6.07, 6.45) is 6.39. The minimum absolute atomic E-state index is 0.0926. The highest BCUT2D eigenvalue weighted by Crippen LogP contribution is 2.22. The van der Waals surface area contributed by atoms with Gasteiger partial charge < -0.3 is 19.7 Å². The van der Waals surface area contributed by atoms with E-state index in [2.05, 4.69) is 20.2 Å². The molecular formula is C14H22N4O2. The Morgan fingerprint density at radius 2 is 1.90 bits per heavy atom. The molecule has 1 aromatic rings. The van der Waals surface area contributed by atoms with Crippen LogP contribution in [0.25, 0.3) is 0 Å². The predicted octanol–water partition coefficient (Wildman–Crippen LogP) is 0.579. The van der Waals surface area contributed by atoms with E-state index in [-0.39, 0.29) is 12.2 Å². The third-order valence-corrected chi connectivity index (χ3v) is 3.97. The highest BCUT2D eigenvalue weighted by Gasteiger charge is 2.33. The third-order valence-electron chi connectivity index (χ3n) is 3.97. The van der Waals surface area contributed by atoms with E-state index in [1.165, 1.54) is 12.8 Å². The van der Waals surface area contributed by atoms with E-state index in [1.54, 1.807) is 14.2 Å². The van der Waals surface area contributed by atoms with Crippen molar-refractivity contribution in [2.75, 3.05) is 32.2 Å². The third kappa shape index (κ3) is 3.08. The van der Waals surface area contributed by atoms with Gasteiger partial charge in [0.25, 0.3) is 0 Å². The van der Waals surface area contributed by atoms with Crippen LogP contribution in [0.4, 0.5) is 5.82 Å². The molecule has 20 heavy (non-hydrogen) atoms. The summed E-state index contributed by atoms with van der Waals surface area (Å²) in [4.78, 5) is 11.2. The summed E-state index contributed by atoms with van der Waals surface area (Å²) in [6, 6.07) is 0.683. The fraction of sp³-hybridized carbons (Fsp3) is 0.714. The lowest BCUT2D eigenvalue weighted by molar-refractivity contribution is -0.00461. The molecule has 0 bridgehead atoms. The van der Waals surface area contributed by atoms with Gasteiger partial charge in [0.15, 0.2) is 0 Å². The van der Waals surface area contributed by atoms with Gasteiger partial charge in [-0.1, -0.05) is 0 Å². The van der Waals surface area contributed by atoms with Crippen LogP contribution in [0.1, 0.15) is 18.5 Å². The van der Waals surface area contributed by atoms with Crippen LogP contribution in [0.2, 0.25) is 0 Å². The number of aromatic nitrogens is 2. The van der Waals surface area contributed by atoms with Gasteiger partial charge in [-0.15, -0.1) is 0 Å². The van der Waals surface area contributed by atoms with Crippen molar-refractivity contribution in [3.63, 3.8) is 0 Å². The number of rotatable bonds is 6. The molecule has 1 saturated carbocycles. The van der Waals surface area contributed by atoms with Crippen molar-refractivity contribution in [1.29, 1.82) is 0 Å². The number of ether oxygens (including phenoxy) is 2. The number of nitrogens with one attached hydrogen (secondary N) is 1. The second-order valence-corrected chi connectivity index (χ2v) is 5.48. The molecule has 2 atom stereocenters. The molecular weight excluding hydrogens is 256 g/mol. The molecule has 1 aromatic heterocycles. The first-order valence-electron chi connectivity index (χ1n) is 7.15. The standard InChI is InChI=1S/C14H22N4O2/c1-19-12-8-18(9-13(12)20-2)14-7-15-5-11(17-14)6-16-10-3-4-10/h5,7,10,12-13,16H,3-4,6,8-9H2,1-2H3. The molecule has 6 heteroatoms. The Bertz CT molecular complexity index is 441. The van der Waals surface area contributed by atoms with Crippen molar-refractivity contribution in [3.8, 4) is 0 Å². The molecule has 2 heterocycles. The minimum Gasteiger partial charge on any atom is -0.377 e. The largest absolute Gasteiger partial charge is 0.377 e. The lowest BCUT2D eigenvalue weighted by atomic mass is 10.3. The molecule has 0 spiro atoms. The van der Waals surface area contributed by atoms with Crippen LogP contribution in [-0.2, 0) is 16.0 Å². The molecule has 3 rings (SSSR count). The molecule has 0 amide bonds. The minimum atomic E-state index is 0.0926. The fourth-order valence-electron chi connectivity index (χ4n) is 2.55. The highest BCUT2D eigenvalue weighted by atomic mass is 16.5. The molecule has 0 aromatic carbocycles. The van der Waals surface area contributed by atoms with Crippen molar-refractivity contribution in [3.05, 3.63) is 18.1 Å². The summed E-state index contributed by atoms with van der Waals surface area (Å²) in [5.74, 6) is 0.904. The van der Waals surface area contributed by atoms with Crippen LogP contribution in [-0.4, -0.2) is 55.5 Å². The van der Waals surface area contributed by atoms with E-state index in [1.807, 2.05) is 12.4 Å². The lowest BCUT2D eigenvalue weighted by Gasteiger charge is -2.17. The van der Waals surface area contributed by atoms with Crippen molar-refractivity contribution < 1.29 is 9.47 Å². The average Bonchev–Trinajstić information content (AvgIpc) is 3.22. The van der Waals surface area contributed by atoms with Crippen molar-refractivity contribution >= 4 is 5.82 Å². The van der Waals surface area contributed by atoms with Gasteiger partial charge in [0.05, 0.1) is 11.9 Å². The van der Waals surface area contributed by atoms with E-state index in [9.17, 15) is 0 Å². The smallest absolute Gasteiger partial charge is 0.147 e. The van der Waals surface area contributed by atoms with E-state index in [4.69, 9.17) is 9.47 Å². The Morgan fingerprint density at radius 1 is 1.20 bits per heavy atom. The van der Waals surface area contributed by atoms with Crippen molar-refractivity contribution in [1.82, 2.24) is 15.3 Å². The Kier molecular flexibility index (Phi) is 4.14. The summed E-state index contributed by atoms with van der Waals surface area (Å²) in [7, 11) is 3.45. The fourth-order valence-corrected chi connectivity index (χ4v) is 2.55. The molecule has 1 saturated heterocycles. The van der Waals surface area contributed by atoms with Crippen LogP contribution >= 0.6 is 0 Å². The van der Waals surface area contributed by atoms with Crippen molar-refractivity contribution in [2.45, 2.75) is 37.6 Å². The quantitative estimate of drug-likeness (QED) is 0.821. The predicted molar refractivity (Wildman–Crippen MR) is 75.7 cm³/mol. The van der Waals surface area contributed by atoms with Crippen molar-refractivity contribution in [2.24, 2.45) is 0 Å². The normalized spacial score (nSPS) is 26.2. The summed E-state index contributed by atoms with van der Waals surface area (Å²) in [6.45, 7) is 2.38. The van der Waals surface area contributed by atoms with Gasteiger partial charge in [-0.05, 0) is 12.8 Å². The molecule has 0 radical (unpaired) electrons. The van der Waals surface area contributed by atoms with E-state index < -0.39 is 0 Å². The van der Waals surface area contributed by atoms with Gasteiger partial charge in [0.2, 0.25) is 0 Å². The zero-order valence-corrected chi connectivity index (χ0v) is 12.1. The maximum atomic E-state index is 5.46. The number of nitrogens with zero attached hydrogens (tertiary/aromatic N) is 3. The SMILES string of the molecule is COC1CN(c2cncc(CNC3CC3)n2)CC1OC. The summed E-state index contributed by atoms with van der Waals surface area (Å²) < 4.78 is 10.9. The Balaban J connectivity index is 1.65. The highest BCUT2D eigenvalue weighted by molar-refractivity contribution is 5.39. The summed E-state index contributed by atoms with van der Waals surface area (Å²) >= 11 is 0. The summed E-state index contributed by atoms with van der Waals surface area (Å²) in [5, 5.41) is 3.46. The van der Waals surface area contributed by atoms with Gasteiger partial charge >= 0.3 is 0 Å². The van der Waals surface area contributed by atoms with Gasteiger partial charge in [0.1, 0.15) is 18.0 Å². The van der Waals surface area contributed by atoms with Crippen LogP contribution < -0.4 is 10.2 Å². The molecule has 6 nitrogen and oxygen atoms in total. The first-order valence-corrected chi connectivity index (χ1v) is 7.15. The zero-order chi connectivity index (χ0) is 13.9. The maximum Gasteiger partial charge on any atom is 0.147 e. The molecule has 2 fully saturated rings. The molecule has 1 N–H and O–H groups in total. The number of hydrogen-bond acceptors (Lipinski definition) is 6.